The Morgan fingerprint density at radius 2 is 2.33 bits per heavy atom. The van der Waals surface area contributed by atoms with Crippen molar-refractivity contribution in [3.63, 3.8) is 0 Å². The van der Waals surface area contributed by atoms with Crippen LogP contribution >= 0.6 is 8.46 Å². The van der Waals surface area contributed by atoms with Crippen molar-refractivity contribution in [2.24, 2.45) is 0 Å². The maximum atomic E-state index is 10.7. The molecule has 0 aromatic rings. The van der Waals surface area contributed by atoms with Crippen LogP contribution in [0.3, 0.4) is 0 Å². The topological polar surface area (TPSA) is 63.6 Å². The highest BCUT2D eigenvalue weighted by atomic mass is 31.1. The minimum Gasteiger partial charge on any atom is -0.505 e. The Balaban J connectivity index is 3.78. The third-order valence-electron chi connectivity index (χ3n) is 0.976. The molecule has 0 rings (SSSR count). The van der Waals surface area contributed by atoms with E-state index in [-0.39, 0.29) is 17.7 Å². The van der Waals surface area contributed by atoms with Gasteiger partial charge in [-0.25, -0.2) is 4.79 Å². The molecule has 0 aliphatic carbocycles. The number of esters is 1. The zero-order chi connectivity index (χ0) is 9.56. The summed E-state index contributed by atoms with van der Waals surface area (Å²) in [5, 5.41) is 8.68. The zero-order valence-corrected chi connectivity index (χ0v) is 7.90. The number of aliphatic hydroxyl groups is 1. The van der Waals surface area contributed by atoms with Gasteiger partial charge in [0.15, 0.2) is 0 Å². The predicted molar refractivity (Wildman–Crippen MR) is 46.9 cm³/mol. The standard InChI is InChI=1S/C7H11O4P/c1-5(2)7(9)11-4-3-6(8)12-10/h3,8H,1,4,12H2,2H3. The van der Waals surface area contributed by atoms with Crippen LogP contribution in [0, 0.1) is 0 Å². The van der Waals surface area contributed by atoms with Crippen LogP contribution in [-0.4, -0.2) is 17.7 Å². The second kappa shape index (κ2) is 5.61. The van der Waals surface area contributed by atoms with Crippen LogP contribution in [0.1, 0.15) is 6.92 Å². The van der Waals surface area contributed by atoms with Crippen molar-refractivity contribution in [2.45, 2.75) is 6.92 Å². The highest BCUT2D eigenvalue weighted by Gasteiger charge is 2.00. The molecule has 1 unspecified atom stereocenters. The molecule has 0 bridgehead atoms. The van der Waals surface area contributed by atoms with Gasteiger partial charge >= 0.3 is 5.97 Å². The molecule has 68 valence electrons. The molecule has 0 aromatic heterocycles. The highest BCUT2D eigenvalue weighted by molar-refractivity contribution is 7.28. The van der Waals surface area contributed by atoms with Gasteiger partial charge in [0.2, 0.25) is 0 Å². The molecule has 4 nitrogen and oxygen atoms in total. The summed E-state index contributed by atoms with van der Waals surface area (Å²) < 4.78 is 14.6. The van der Waals surface area contributed by atoms with E-state index in [2.05, 4.69) is 11.3 Å². The number of carbonyl (C=O) groups excluding carboxylic acids is 1. The molecular weight excluding hydrogens is 179 g/mol. The number of hydrogen-bond donors (Lipinski definition) is 1. The summed E-state index contributed by atoms with van der Waals surface area (Å²) in [5.74, 6) is -0.528. The summed E-state index contributed by atoms with van der Waals surface area (Å²) >= 11 is 0. The van der Waals surface area contributed by atoms with Gasteiger partial charge in [0.25, 0.3) is 0 Å². The van der Waals surface area contributed by atoms with Gasteiger partial charge in [-0.3, -0.25) is 0 Å². The summed E-state index contributed by atoms with van der Waals surface area (Å²) in [7, 11) is -1.35. The fourth-order valence-electron chi connectivity index (χ4n) is 0.374. The van der Waals surface area contributed by atoms with E-state index in [1.807, 2.05) is 0 Å². The number of aliphatic hydroxyl groups excluding tert-OH is 1. The van der Waals surface area contributed by atoms with E-state index in [0.717, 1.165) is 0 Å². The first kappa shape index (κ1) is 11.0. The fraction of sp³-hybridized carbons (Fsp3) is 0.286. The van der Waals surface area contributed by atoms with Crippen LogP contribution in [0.25, 0.3) is 0 Å². The summed E-state index contributed by atoms with van der Waals surface area (Å²) in [6.07, 6.45) is 1.18. The fourth-order valence-corrected chi connectivity index (χ4v) is 0.566. The lowest BCUT2D eigenvalue weighted by atomic mass is 10.4. The van der Waals surface area contributed by atoms with Crippen molar-refractivity contribution in [1.29, 1.82) is 0 Å². The zero-order valence-electron chi connectivity index (χ0n) is 6.74. The van der Waals surface area contributed by atoms with Gasteiger partial charge in [-0.2, -0.15) is 0 Å². The SMILES string of the molecule is C=C(C)C(=O)OCC=C(O)[PH2]=O. The van der Waals surface area contributed by atoms with Gasteiger partial charge in [-0.1, -0.05) is 6.58 Å². The lowest BCUT2D eigenvalue weighted by molar-refractivity contribution is -0.137. The van der Waals surface area contributed by atoms with E-state index in [0.29, 0.717) is 0 Å². The van der Waals surface area contributed by atoms with Crippen LogP contribution in [0.5, 0.6) is 0 Å². The lowest BCUT2D eigenvalue weighted by Gasteiger charge is -1.99. The van der Waals surface area contributed by atoms with Gasteiger partial charge in [-0.05, 0) is 13.0 Å². The molecule has 12 heavy (non-hydrogen) atoms. The first-order chi connectivity index (χ1) is 5.57. The molecule has 0 aromatic carbocycles. The van der Waals surface area contributed by atoms with E-state index in [1.54, 1.807) is 0 Å². The second-order valence-electron chi connectivity index (χ2n) is 2.13. The van der Waals surface area contributed by atoms with E-state index in [9.17, 15) is 9.36 Å². The molecule has 1 atom stereocenters. The van der Waals surface area contributed by atoms with Crippen molar-refractivity contribution in [3.8, 4) is 0 Å². The molecular formula is C7H11O4P. The van der Waals surface area contributed by atoms with Crippen LogP contribution in [0.4, 0.5) is 0 Å². The van der Waals surface area contributed by atoms with Crippen molar-refractivity contribution in [2.75, 3.05) is 6.61 Å². The Bertz CT molecular complexity index is 232. The van der Waals surface area contributed by atoms with Crippen LogP contribution in [-0.2, 0) is 14.1 Å². The average molecular weight is 190 g/mol. The number of rotatable bonds is 4. The molecule has 0 aliphatic rings. The Hall–Kier alpha value is -1.02. The van der Waals surface area contributed by atoms with Gasteiger partial charge in [0, 0.05) is 5.57 Å². The normalized spacial score (nSPS) is 11.9. The van der Waals surface area contributed by atoms with E-state index in [4.69, 9.17) is 5.11 Å². The lowest BCUT2D eigenvalue weighted by Crippen LogP contribution is -2.04. The van der Waals surface area contributed by atoms with Crippen molar-refractivity contribution in [1.82, 2.24) is 0 Å². The molecule has 0 fully saturated rings. The van der Waals surface area contributed by atoms with Crippen LogP contribution in [0.15, 0.2) is 23.7 Å². The smallest absolute Gasteiger partial charge is 0.333 e. The summed E-state index contributed by atoms with van der Waals surface area (Å²) in [4.78, 5) is 10.7. The van der Waals surface area contributed by atoms with E-state index >= 15 is 0 Å². The largest absolute Gasteiger partial charge is 0.505 e. The highest BCUT2D eigenvalue weighted by Crippen LogP contribution is 2.05. The molecule has 0 saturated carbocycles. The molecule has 0 radical (unpaired) electrons. The van der Waals surface area contributed by atoms with Crippen molar-refractivity contribution >= 4 is 14.4 Å². The summed E-state index contributed by atoms with van der Waals surface area (Å²) in [5.41, 5.74) is 0.0434. The minimum atomic E-state index is -1.35. The molecule has 5 heteroatoms. The summed E-state index contributed by atoms with van der Waals surface area (Å²) in [6, 6.07) is 0. The maximum absolute atomic E-state index is 10.7. The second-order valence-corrected chi connectivity index (χ2v) is 2.95. The van der Waals surface area contributed by atoms with Crippen molar-refractivity contribution < 1.29 is 19.2 Å². The third kappa shape index (κ3) is 4.74. The van der Waals surface area contributed by atoms with Crippen LogP contribution in [0.2, 0.25) is 0 Å². The molecule has 0 amide bonds. The first-order valence-corrected chi connectivity index (χ1v) is 4.29. The Kier molecular flexibility index (Phi) is 5.13. The molecule has 0 saturated heterocycles. The van der Waals surface area contributed by atoms with Gasteiger partial charge < -0.3 is 14.4 Å². The average Bonchev–Trinajstić information content (AvgIpc) is 2.03. The van der Waals surface area contributed by atoms with E-state index < -0.39 is 14.4 Å². The Labute approximate surface area is 71.7 Å². The minimum absolute atomic E-state index is 0.0766. The van der Waals surface area contributed by atoms with Crippen LogP contribution < -0.4 is 0 Å². The number of hydrogen-bond acceptors (Lipinski definition) is 4. The van der Waals surface area contributed by atoms with Gasteiger partial charge in [0.1, 0.15) is 20.6 Å². The Morgan fingerprint density at radius 1 is 1.75 bits per heavy atom. The molecule has 0 heterocycles. The van der Waals surface area contributed by atoms with Crippen molar-refractivity contribution in [3.05, 3.63) is 23.7 Å². The molecule has 1 N–H and O–H groups in total. The molecule has 0 spiro atoms. The number of ether oxygens (including phenoxy) is 1. The quantitative estimate of drug-likeness (QED) is 0.313. The monoisotopic (exact) mass is 190 g/mol. The maximum Gasteiger partial charge on any atom is 0.333 e. The molecule has 0 aliphatic heterocycles. The van der Waals surface area contributed by atoms with E-state index in [1.165, 1.54) is 13.0 Å². The first-order valence-electron chi connectivity index (χ1n) is 3.25. The summed E-state index contributed by atoms with van der Waals surface area (Å²) in [6.45, 7) is 4.80. The Morgan fingerprint density at radius 3 is 2.75 bits per heavy atom. The predicted octanol–water partition coefficient (Wildman–Crippen LogP) is 1.26. The third-order valence-corrected chi connectivity index (χ3v) is 1.45. The van der Waals surface area contributed by atoms with Gasteiger partial charge in [0.05, 0.1) is 0 Å². The number of carbonyl (C=O) groups is 1. The van der Waals surface area contributed by atoms with Gasteiger partial charge in [-0.15, -0.1) is 0 Å².